The molecule has 0 saturated heterocycles. The monoisotopic (exact) mass is 492 g/mol. The predicted octanol–water partition coefficient (Wildman–Crippen LogP) is 3.86. The number of amidine groups is 1. The molecular weight excluding hydrogens is 464 g/mol. The van der Waals surface area contributed by atoms with Crippen LogP contribution in [0.15, 0.2) is 76.2 Å². The lowest BCUT2D eigenvalue weighted by Crippen LogP contribution is -2.38. The number of aromatic nitrogens is 1. The summed E-state index contributed by atoms with van der Waals surface area (Å²) in [7, 11) is 1.56. The van der Waals surface area contributed by atoms with Gasteiger partial charge in [0.15, 0.2) is 5.17 Å². The Morgan fingerprint density at radius 3 is 2.54 bits per heavy atom. The zero-order chi connectivity index (χ0) is 24.8. The maximum Gasteiger partial charge on any atom is 0.338 e. The van der Waals surface area contributed by atoms with Crippen LogP contribution in [0.2, 0.25) is 0 Å². The minimum absolute atomic E-state index is 0.118. The molecule has 8 nitrogen and oxygen atoms in total. The molecule has 1 aromatic carbocycles. The number of hydrogen-bond acceptors (Lipinski definition) is 8. The highest BCUT2D eigenvalue weighted by Gasteiger charge is 2.41. The number of carbonyl (C=O) groups is 2. The maximum atomic E-state index is 13.2. The van der Waals surface area contributed by atoms with E-state index in [0.717, 1.165) is 27.6 Å². The van der Waals surface area contributed by atoms with Crippen molar-refractivity contribution in [2.45, 2.75) is 32.9 Å². The number of fused-ring (bicyclic) bond motifs is 1. The van der Waals surface area contributed by atoms with Crippen molar-refractivity contribution in [3.8, 4) is 0 Å². The smallest absolute Gasteiger partial charge is 0.338 e. The van der Waals surface area contributed by atoms with E-state index in [1.54, 1.807) is 19.5 Å². The quantitative estimate of drug-likeness (QED) is 0.420. The summed E-state index contributed by atoms with van der Waals surface area (Å²) < 4.78 is 10.5. The zero-order valence-corrected chi connectivity index (χ0v) is 20.8. The lowest BCUT2D eigenvalue weighted by molar-refractivity contribution is -0.141. The number of esters is 1. The number of ether oxygens (including phenoxy) is 2. The first kappa shape index (κ1) is 24.7. The molecule has 1 N–H and O–H groups in total. The fourth-order valence-electron chi connectivity index (χ4n) is 3.92. The van der Waals surface area contributed by atoms with E-state index in [1.807, 2.05) is 60.6 Å². The SMILES string of the molecule is COCCOC(=O)C1=C(C)N=C2SC=C(CC(=O)NCc3ccncc3)N2C1c1ccc(C)cc1. The first-order valence-corrected chi connectivity index (χ1v) is 12.2. The molecule has 4 rings (SSSR count). The van der Waals surface area contributed by atoms with Crippen LogP contribution in [0.5, 0.6) is 0 Å². The number of aryl methyl sites for hydroxylation is 1. The van der Waals surface area contributed by atoms with Crippen molar-refractivity contribution in [3.05, 3.63) is 87.9 Å². The van der Waals surface area contributed by atoms with Crippen molar-refractivity contribution in [2.75, 3.05) is 20.3 Å². The number of amides is 1. The third-order valence-corrected chi connectivity index (χ3v) is 6.60. The Morgan fingerprint density at radius 2 is 1.83 bits per heavy atom. The van der Waals surface area contributed by atoms with Crippen molar-refractivity contribution < 1.29 is 19.1 Å². The van der Waals surface area contributed by atoms with Gasteiger partial charge in [0.05, 0.1) is 30.3 Å². The van der Waals surface area contributed by atoms with Crippen LogP contribution in [0, 0.1) is 6.92 Å². The number of hydrogen-bond donors (Lipinski definition) is 1. The van der Waals surface area contributed by atoms with Gasteiger partial charge in [0, 0.05) is 31.7 Å². The summed E-state index contributed by atoms with van der Waals surface area (Å²) in [4.78, 5) is 36.7. The number of rotatable bonds is 9. The Morgan fingerprint density at radius 1 is 1.09 bits per heavy atom. The van der Waals surface area contributed by atoms with Crippen molar-refractivity contribution >= 4 is 28.8 Å². The number of aliphatic imine (C=N–C) groups is 1. The van der Waals surface area contributed by atoms with Crippen LogP contribution >= 0.6 is 11.8 Å². The Balaban J connectivity index is 1.59. The van der Waals surface area contributed by atoms with E-state index in [9.17, 15) is 9.59 Å². The average Bonchev–Trinajstić information content (AvgIpc) is 3.25. The topological polar surface area (TPSA) is 93.1 Å². The zero-order valence-electron chi connectivity index (χ0n) is 20.0. The van der Waals surface area contributed by atoms with Crippen LogP contribution in [0.25, 0.3) is 0 Å². The molecule has 182 valence electrons. The second-order valence-corrected chi connectivity index (χ2v) is 9.08. The molecule has 2 aliphatic heterocycles. The fraction of sp³-hybridized carbons (Fsp3) is 0.308. The van der Waals surface area contributed by atoms with Gasteiger partial charge in [-0.05, 0) is 42.5 Å². The normalized spacial score (nSPS) is 17.0. The molecule has 1 atom stereocenters. The number of allylic oxidation sites excluding steroid dienone is 1. The van der Waals surface area contributed by atoms with Crippen molar-refractivity contribution in [3.63, 3.8) is 0 Å². The summed E-state index contributed by atoms with van der Waals surface area (Å²) in [6, 6.07) is 11.3. The van der Waals surface area contributed by atoms with Crippen molar-refractivity contribution in [1.29, 1.82) is 0 Å². The Hall–Kier alpha value is -3.43. The summed E-state index contributed by atoms with van der Waals surface area (Å²) in [6.45, 7) is 4.71. The number of nitrogens with one attached hydrogen (secondary N) is 1. The molecule has 1 unspecified atom stereocenters. The van der Waals surface area contributed by atoms with E-state index in [2.05, 4.69) is 15.3 Å². The van der Waals surface area contributed by atoms with Gasteiger partial charge in [-0.2, -0.15) is 0 Å². The number of carbonyl (C=O) groups excluding carboxylic acids is 2. The maximum absolute atomic E-state index is 13.2. The van der Waals surface area contributed by atoms with E-state index < -0.39 is 12.0 Å². The van der Waals surface area contributed by atoms with Gasteiger partial charge in [-0.3, -0.25) is 9.78 Å². The molecule has 9 heteroatoms. The van der Waals surface area contributed by atoms with E-state index in [4.69, 9.17) is 9.47 Å². The molecule has 0 saturated carbocycles. The molecule has 2 aromatic rings. The lowest BCUT2D eigenvalue weighted by Gasteiger charge is -2.36. The minimum atomic E-state index is -0.451. The second-order valence-electron chi connectivity index (χ2n) is 8.24. The summed E-state index contributed by atoms with van der Waals surface area (Å²) >= 11 is 1.45. The van der Waals surface area contributed by atoms with E-state index in [-0.39, 0.29) is 18.9 Å². The molecule has 0 fully saturated rings. The van der Waals surface area contributed by atoms with Gasteiger partial charge in [-0.15, -0.1) is 0 Å². The minimum Gasteiger partial charge on any atom is -0.460 e. The van der Waals surface area contributed by atoms with Crippen LogP contribution < -0.4 is 5.32 Å². The summed E-state index contributed by atoms with van der Waals surface area (Å²) in [5, 5.41) is 5.62. The molecule has 0 radical (unpaired) electrons. The van der Waals surface area contributed by atoms with Crippen LogP contribution in [0.1, 0.15) is 36.1 Å². The van der Waals surface area contributed by atoms with Gasteiger partial charge in [0.25, 0.3) is 0 Å². The highest BCUT2D eigenvalue weighted by atomic mass is 32.2. The molecular formula is C26H28N4O4S. The molecule has 0 bridgehead atoms. The first-order chi connectivity index (χ1) is 17.0. The van der Waals surface area contributed by atoms with Crippen LogP contribution in [-0.2, 0) is 25.6 Å². The Bertz CT molecular complexity index is 1180. The van der Waals surface area contributed by atoms with Gasteiger partial charge in [-0.25, -0.2) is 9.79 Å². The average molecular weight is 493 g/mol. The number of thioether (sulfide) groups is 1. The number of pyridine rings is 1. The van der Waals surface area contributed by atoms with Crippen LogP contribution in [-0.4, -0.2) is 47.3 Å². The van der Waals surface area contributed by atoms with Crippen molar-refractivity contribution in [2.24, 2.45) is 4.99 Å². The number of benzene rings is 1. The molecule has 1 amide bonds. The summed E-state index contributed by atoms with van der Waals surface area (Å²) in [5.41, 5.74) is 4.85. The van der Waals surface area contributed by atoms with Gasteiger partial charge in [0.1, 0.15) is 6.61 Å². The number of nitrogens with zero attached hydrogens (tertiary/aromatic N) is 3. The van der Waals surface area contributed by atoms with Crippen LogP contribution in [0.3, 0.4) is 0 Å². The lowest BCUT2D eigenvalue weighted by atomic mass is 9.93. The van der Waals surface area contributed by atoms with Gasteiger partial charge in [-0.1, -0.05) is 41.6 Å². The first-order valence-electron chi connectivity index (χ1n) is 11.3. The summed E-state index contributed by atoms with van der Waals surface area (Å²) in [5.74, 6) is -0.556. The molecule has 0 spiro atoms. The third kappa shape index (κ3) is 5.80. The highest BCUT2D eigenvalue weighted by Crippen LogP contribution is 2.44. The fourth-order valence-corrected chi connectivity index (χ4v) is 4.88. The van der Waals surface area contributed by atoms with Crippen molar-refractivity contribution in [1.82, 2.24) is 15.2 Å². The predicted molar refractivity (Wildman–Crippen MR) is 135 cm³/mol. The molecule has 3 heterocycles. The highest BCUT2D eigenvalue weighted by molar-refractivity contribution is 8.16. The van der Waals surface area contributed by atoms with E-state index >= 15 is 0 Å². The standard InChI is InChI=1S/C26H28N4O4S/c1-17-4-6-20(7-5-17)24-23(25(32)34-13-12-33-3)18(2)29-26-30(24)21(16-35-26)14-22(31)28-15-19-8-10-27-11-9-19/h4-11,16,24H,12-15H2,1-3H3,(H,28,31). The van der Waals surface area contributed by atoms with E-state index in [0.29, 0.717) is 24.4 Å². The molecule has 2 aliphatic rings. The number of methoxy groups -OCH3 is 1. The van der Waals surface area contributed by atoms with Crippen LogP contribution in [0.4, 0.5) is 0 Å². The third-order valence-electron chi connectivity index (χ3n) is 5.71. The van der Waals surface area contributed by atoms with Gasteiger partial charge < -0.3 is 19.7 Å². The molecule has 35 heavy (non-hydrogen) atoms. The molecule has 1 aromatic heterocycles. The van der Waals surface area contributed by atoms with Gasteiger partial charge >= 0.3 is 5.97 Å². The largest absolute Gasteiger partial charge is 0.460 e. The second kappa shape index (κ2) is 11.3. The van der Waals surface area contributed by atoms with Gasteiger partial charge in [0.2, 0.25) is 5.91 Å². The Kier molecular flexibility index (Phi) is 7.99. The summed E-state index contributed by atoms with van der Waals surface area (Å²) in [6.07, 6.45) is 3.55. The Labute approximate surface area is 209 Å². The molecule has 0 aliphatic carbocycles. The van der Waals surface area contributed by atoms with E-state index in [1.165, 1.54) is 11.8 Å².